The first-order valence-corrected chi connectivity index (χ1v) is 11.3. The number of carbonyl (C=O) groups is 1. The van der Waals surface area contributed by atoms with Gasteiger partial charge in [0.05, 0.1) is 18.7 Å². The molecule has 2 aliphatic carbocycles. The Bertz CT molecular complexity index is 943. The van der Waals surface area contributed by atoms with Gasteiger partial charge in [0.1, 0.15) is 17.9 Å². The lowest BCUT2D eigenvalue weighted by atomic mass is 9.89. The van der Waals surface area contributed by atoms with E-state index in [1.165, 1.54) is 12.8 Å². The van der Waals surface area contributed by atoms with E-state index in [-0.39, 0.29) is 0 Å². The van der Waals surface area contributed by atoms with Gasteiger partial charge in [0.15, 0.2) is 0 Å². The molecule has 0 spiro atoms. The highest BCUT2D eigenvalue weighted by molar-refractivity contribution is 5.96. The van der Waals surface area contributed by atoms with Crippen molar-refractivity contribution in [2.45, 2.75) is 57.0 Å². The largest absolute Gasteiger partial charge is 0.379 e. The van der Waals surface area contributed by atoms with Gasteiger partial charge in [0.25, 0.3) is 0 Å². The Morgan fingerprint density at radius 3 is 2.70 bits per heavy atom. The molecule has 1 N–H and O–H groups in total. The standard InChI is InChI=1S/C24H30N4O2/c29-21-3-1-2-17(14-21)18-4-9-23-22(15-18)24(26-16-25-23)27-19-5-7-20(8-6-19)28-10-12-30-13-11-28/h2,4,9,15-16,19-20H,1,3,5-8,10-14H2,(H,25,26,27)/t19-,20-. The van der Waals surface area contributed by atoms with Gasteiger partial charge < -0.3 is 10.1 Å². The van der Waals surface area contributed by atoms with Crippen LogP contribution in [0.3, 0.4) is 0 Å². The van der Waals surface area contributed by atoms with Crippen LogP contribution in [0.5, 0.6) is 0 Å². The number of nitrogens with zero attached hydrogens (tertiary/aromatic N) is 3. The number of ether oxygens (including phenoxy) is 1. The summed E-state index contributed by atoms with van der Waals surface area (Å²) in [5, 5.41) is 4.75. The molecule has 6 nitrogen and oxygen atoms in total. The number of morpholine rings is 1. The third-order valence-electron chi connectivity index (χ3n) is 6.81. The topological polar surface area (TPSA) is 67.4 Å². The van der Waals surface area contributed by atoms with Crippen LogP contribution in [-0.4, -0.2) is 59.0 Å². The van der Waals surface area contributed by atoms with E-state index >= 15 is 0 Å². The second kappa shape index (κ2) is 8.82. The highest BCUT2D eigenvalue weighted by Crippen LogP contribution is 2.31. The number of nitrogens with one attached hydrogen (secondary N) is 1. The zero-order valence-corrected chi connectivity index (χ0v) is 17.5. The van der Waals surface area contributed by atoms with Gasteiger partial charge >= 0.3 is 0 Å². The quantitative estimate of drug-likeness (QED) is 0.833. The first kappa shape index (κ1) is 19.6. The number of benzene rings is 1. The van der Waals surface area contributed by atoms with E-state index < -0.39 is 0 Å². The van der Waals surface area contributed by atoms with Crippen molar-refractivity contribution in [2.75, 3.05) is 31.6 Å². The molecule has 0 atom stereocenters. The lowest BCUT2D eigenvalue weighted by Crippen LogP contribution is -2.46. The lowest BCUT2D eigenvalue weighted by Gasteiger charge is -2.39. The highest BCUT2D eigenvalue weighted by Gasteiger charge is 2.27. The molecular weight excluding hydrogens is 376 g/mol. The molecule has 6 heteroatoms. The number of aromatic nitrogens is 2. The van der Waals surface area contributed by atoms with Gasteiger partial charge in [0.2, 0.25) is 0 Å². The Hall–Kier alpha value is -2.31. The Kier molecular flexibility index (Phi) is 5.77. The highest BCUT2D eigenvalue weighted by atomic mass is 16.5. The number of Topliss-reactive ketones (excluding diaryl/α,β-unsaturated/α-hetero) is 1. The number of allylic oxidation sites excluding steroid dienone is 2. The number of anilines is 1. The molecule has 30 heavy (non-hydrogen) atoms. The Morgan fingerprint density at radius 2 is 1.90 bits per heavy atom. The second-order valence-electron chi connectivity index (χ2n) is 8.74. The molecule has 2 heterocycles. The van der Waals surface area contributed by atoms with Gasteiger partial charge in [-0.3, -0.25) is 9.69 Å². The van der Waals surface area contributed by atoms with Crippen molar-refractivity contribution < 1.29 is 9.53 Å². The third-order valence-corrected chi connectivity index (χ3v) is 6.81. The summed E-state index contributed by atoms with van der Waals surface area (Å²) < 4.78 is 5.50. The molecule has 0 unspecified atom stereocenters. The minimum atomic E-state index is 0.326. The van der Waals surface area contributed by atoms with E-state index in [1.54, 1.807) is 6.33 Å². The summed E-state index contributed by atoms with van der Waals surface area (Å²) in [6.45, 7) is 3.88. The van der Waals surface area contributed by atoms with E-state index in [4.69, 9.17) is 4.74 Å². The van der Waals surface area contributed by atoms with E-state index in [0.29, 0.717) is 30.7 Å². The predicted octanol–water partition coefficient (Wildman–Crippen LogP) is 3.82. The van der Waals surface area contributed by atoms with Crippen LogP contribution in [0.1, 0.15) is 50.5 Å². The predicted molar refractivity (Wildman–Crippen MR) is 118 cm³/mol. The van der Waals surface area contributed by atoms with E-state index in [9.17, 15) is 4.79 Å². The molecule has 1 aliphatic heterocycles. The zero-order valence-electron chi connectivity index (χ0n) is 17.5. The fourth-order valence-corrected chi connectivity index (χ4v) is 5.09. The van der Waals surface area contributed by atoms with Crippen molar-refractivity contribution in [3.05, 3.63) is 36.2 Å². The van der Waals surface area contributed by atoms with Gasteiger partial charge in [-0.15, -0.1) is 0 Å². The Balaban J connectivity index is 1.30. The fourth-order valence-electron chi connectivity index (χ4n) is 5.09. The fraction of sp³-hybridized carbons (Fsp3) is 0.542. The molecule has 3 aliphatic rings. The minimum absolute atomic E-state index is 0.326. The summed E-state index contributed by atoms with van der Waals surface area (Å²) in [5.41, 5.74) is 3.19. The van der Waals surface area contributed by atoms with Gasteiger partial charge in [-0.05, 0) is 55.4 Å². The smallest absolute Gasteiger partial charge is 0.137 e. The first-order valence-electron chi connectivity index (χ1n) is 11.3. The monoisotopic (exact) mass is 406 g/mol. The molecular formula is C24H30N4O2. The van der Waals surface area contributed by atoms with E-state index in [1.807, 2.05) is 6.07 Å². The van der Waals surface area contributed by atoms with Crippen LogP contribution in [-0.2, 0) is 9.53 Å². The molecule has 158 valence electrons. The first-order chi connectivity index (χ1) is 14.8. The van der Waals surface area contributed by atoms with Crippen molar-refractivity contribution in [1.29, 1.82) is 0 Å². The van der Waals surface area contributed by atoms with Crippen LogP contribution in [0.4, 0.5) is 5.82 Å². The van der Waals surface area contributed by atoms with Crippen LogP contribution in [0.2, 0.25) is 0 Å². The van der Waals surface area contributed by atoms with Crippen LogP contribution >= 0.6 is 0 Å². The second-order valence-corrected chi connectivity index (χ2v) is 8.74. The molecule has 1 saturated carbocycles. The molecule has 0 radical (unpaired) electrons. The summed E-state index contributed by atoms with van der Waals surface area (Å²) >= 11 is 0. The molecule has 1 saturated heterocycles. The SMILES string of the molecule is O=C1CCC=C(c2ccc3ncnc(N[C@H]4CC[C@H](N5CCOCC5)CC4)c3c2)C1. The summed E-state index contributed by atoms with van der Waals surface area (Å²) in [4.78, 5) is 23.5. The van der Waals surface area contributed by atoms with Crippen molar-refractivity contribution in [3.8, 4) is 0 Å². The average molecular weight is 407 g/mol. The number of carbonyl (C=O) groups excluding carboxylic acids is 1. The van der Waals surface area contributed by atoms with Gasteiger partial charge in [-0.2, -0.15) is 0 Å². The van der Waals surface area contributed by atoms with Gasteiger partial charge in [-0.1, -0.05) is 12.1 Å². The molecule has 5 rings (SSSR count). The summed E-state index contributed by atoms with van der Waals surface area (Å²) in [5.74, 6) is 1.24. The molecule has 1 aromatic carbocycles. The van der Waals surface area contributed by atoms with Gasteiger partial charge in [-0.25, -0.2) is 9.97 Å². The number of hydrogen-bond acceptors (Lipinski definition) is 6. The summed E-state index contributed by atoms with van der Waals surface area (Å²) in [6, 6.07) is 7.42. The molecule has 1 aromatic heterocycles. The maximum absolute atomic E-state index is 11.9. The maximum Gasteiger partial charge on any atom is 0.137 e. The van der Waals surface area contributed by atoms with Crippen molar-refractivity contribution in [1.82, 2.24) is 14.9 Å². The third kappa shape index (κ3) is 4.25. The Labute approximate surface area is 177 Å². The Morgan fingerprint density at radius 1 is 1.07 bits per heavy atom. The summed E-state index contributed by atoms with van der Waals surface area (Å²) in [6.07, 6.45) is 10.7. The number of rotatable bonds is 4. The normalized spacial score (nSPS) is 25.9. The van der Waals surface area contributed by atoms with Gasteiger partial charge in [0, 0.05) is 43.4 Å². The molecule has 0 amide bonds. The van der Waals surface area contributed by atoms with Crippen LogP contribution in [0.15, 0.2) is 30.6 Å². The van der Waals surface area contributed by atoms with E-state index in [2.05, 4.69) is 38.4 Å². The van der Waals surface area contributed by atoms with Crippen LogP contribution < -0.4 is 5.32 Å². The lowest BCUT2D eigenvalue weighted by molar-refractivity contribution is -0.118. The number of ketones is 1. The molecule has 2 aromatic rings. The van der Waals surface area contributed by atoms with Crippen molar-refractivity contribution in [2.24, 2.45) is 0 Å². The summed E-state index contributed by atoms with van der Waals surface area (Å²) in [7, 11) is 0. The zero-order chi connectivity index (χ0) is 20.3. The molecule has 0 bridgehead atoms. The number of hydrogen-bond donors (Lipinski definition) is 1. The van der Waals surface area contributed by atoms with E-state index in [0.717, 1.165) is 73.4 Å². The van der Waals surface area contributed by atoms with Crippen LogP contribution in [0.25, 0.3) is 16.5 Å². The van der Waals surface area contributed by atoms with Crippen molar-refractivity contribution in [3.63, 3.8) is 0 Å². The van der Waals surface area contributed by atoms with Crippen LogP contribution in [0, 0.1) is 0 Å². The van der Waals surface area contributed by atoms with Crippen molar-refractivity contribution >= 4 is 28.1 Å². The maximum atomic E-state index is 11.9. The average Bonchev–Trinajstić information content (AvgIpc) is 2.80. The minimum Gasteiger partial charge on any atom is -0.379 e. The molecule has 2 fully saturated rings. The number of fused-ring (bicyclic) bond motifs is 1.